The van der Waals surface area contributed by atoms with Gasteiger partial charge < -0.3 is 14.7 Å². The molecule has 1 saturated carbocycles. The van der Waals surface area contributed by atoms with Crippen molar-refractivity contribution in [3.05, 3.63) is 42.7 Å². The van der Waals surface area contributed by atoms with Crippen LogP contribution >= 0.6 is 11.8 Å². The van der Waals surface area contributed by atoms with Crippen molar-refractivity contribution in [3.8, 4) is 11.5 Å². The van der Waals surface area contributed by atoms with Gasteiger partial charge in [0.05, 0.1) is 23.6 Å². The zero-order chi connectivity index (χ0) is 19.6. The van der Waals surface area contributed by atoms with E-state index in [2.05, 4.69) is 25.6 Å². The SMILES string of the molecule is O=C(CSc1nnc(-c2c[nH]c3ccccc23)o1)Nc1ccnn1C1CCCC1. The maximum absolute atomic E-state index is 12.4. The molecular formula is C20H20N6O2S. The van der Waals surface area contributed by atoms with Gasteiger partial charge in [0.15, 0.2) is 0 Å². The molecule has 2 N–H and O–H groups in total. The van der Waals surface area contributed by atoms with Gasteiger partial charge >= 0.3 is 0 Å². The lowest BCUT2D eigenvalue weighted by Crippen LogP contribution is -2.19. The van der Waals surface area contributed by atoms with Gasteiger partial charge in [-0.3, -0.25) is 4.79 Å². The van der Waals surface area contributed by atoms with E-state index in [-0.39, 0.29) is 11.7 Å². The molecule has 3 aromatic heterocycles. The van der Waals surface area contributed by atoms with Crippen LogP contribution in [0.2, 0.25) is 0 Å². The number of nitrogens with one attached hydrogen (secondary N) is 2. The summed E-state index contributed by atoms with van der Waals surface area (Å²) in [5.41, 5.74) is 1.86. The van der Waals surface area contributed by atoms with Crippen molar-refractivity contribution < 1.29 is 9.21 Å². The van der Waals surface area contributed by atoms with Crippen LogP contribution in [0, 0.1) is 0 Å². The third-order valence-corrected chi connectivity index (χ3v) is 5.98. The fourth-order valence-corrected chi connectivity index (χ4v) is 4.35. The van der Waals surface area contributed by atoms with Crippen molar-refractivity contribution >= 4 is 34.4 Å². The molecule has 3 heterocycles. The highest BCUT2D eigenvalue weighted by molar-refractivity contribution is 7.99. The number of hydrogen-bond donors (Lipinski definition) is 2. The minimum absolute atomic E-state index is 0.124. The average molecular weight is 408 g/mol. The minimum atomic E-state index is -0.124. The summed E-state index contributed by atoms with van der Waals surface area (Å²) >= 11 is 1.22. The molecular weight excluding hydrogens is 388 g/mol. The Bertz CT molecular complexity index is 1140. The second kappa shape index (κ2) is 7.75. The molecule has 1 aliphatic rings. The van der Waals surface area contributed by atoms with Gasteiger partial charge in [0.2, 0.25) is 5.91 Å². The highest BCUT2D eigenvalue weighted by atomic mass is 32.2. The van der Waals surface area contributed by atoms with Crippen molar-refractivity contribution in [2.75, 3.05) is 11.1 Å². The third kappa shape index (κ3) is 3.65. The van der Waals surface area contributed by atoms with E-state index in [0.717, 1.165) is 35.1 Å². The zero-order valence-corrected chi connectivity index (χ0v) is 16.5. The molecule has 1 fully saturated rings. The molecule has 1 aromatic carbocycles. The van der Waals surface area contributed by atoms with Crippen molar-refractivity contribution in [2.24, 2.45) is 0 Å². The first-order valence-electron chi connectivity index (χ1n) is 9.64. The number of anilines is 1. The smallest absolute Gasteiger partial charge is 0.277 e. The first kappa shape index (κ1) is 18.0. The third-order valence-electron chi connectivity index (χ3n) is 5.16. The number of fused-ring (bicyclic) bond motifs is 1. The van der Waals surface area contributed by atoms with Gasteiger partial charge in [0.1, 0.15) is 5.82 Å². The van der Waals surface area contributed by atoms with Crippen molar-refractivity contribution in [1.29, 1.82) is 0 Å². The number of carbonyl (C=O) groups is 1. The summed E-state index contributed by atoms with van der Waals surface area (Å²) in [6, 6.07) is 10.1. The lowest BCUT2D eigenvalue weighted by Gasteiger charge is -2.14. The molecule has 29 heavy (non-hydrogen) atoms. The molecule has 5 rings (SSSR count). The summed E-state index contributed by atoms with van der Waals surface area (Å²) in [6.07, 6.45) is 8.22. The Labute approximate surface area is 171 Å². The Morgan fingerprint density at radius 1 is 1.24 bits per heavy atom. The molecule has 0 radical (unpaired) electrons. The summed E-state index contributed by atoms with van der Waals surface area (Å²) in [5, 5.41) is 16.9. The van der Waals surface area contributed by atoms with Gasteiger partial charge in [-0.1, -0.05) is 42.8 Å². The van der Waals surface area contributed by atoms with Gasteiger partial charge in [0.25, 0.3) is 11.1 Å². The van der Waals surface area contributed by atoms with Gasteiger partial charge in [-0.25, -0.2) is 4.68 Å². The number of carbonyl (C=O) groups excluding carboxylic acids is 1. The number of aromatic amines is 1. The van der Waals surface area contributed by atoms with Gasteiger partial charge in [-0.05, 0) is 18.9 Å². The second-order valence-electron chi connectivity index (χ2n) is 7.06. The van der Waals surface area contributed by atoms with E-state index >= 15 is 0 Å². The van der Waals surface area contributed by atoms with E-state index in [1.165, 1.54) is 24.6 Å². The van der Waals surface area contributed by atoms with Crippen LogP contribution in [0.5, 0.6) is 0 Å². The lowest BCUT2D eigenvalue weighted by atomic mass is 10.2. The van der Waals surface area contributed by atoms with Gasteiger partial charge in [-0.15, -0.1) is 10.2 Å². The summed E-state index contributed by atoms with van der Waals surface area (Å²) in [7, 11) is 0. The predicted molar refractivity (Wildman–Crippen MR) is 111 cm³/mol. The molecule has 0 unspecified atom stereocenters. The fourth-order valence-electron chi connectivity index (χ4n) is 3.78. The van der Waals surface area contributed by atoms with Crippen molar-refractivity contribution in [1.82, 2.24) is 25.0 Å². The number of rotatable bonds is 6. The van der Waals surface area contributed by atoms with Crippen LogP contribution in [0.1, 0.15) is 31.7 Å². The van der Waals surface area contributed by atoms with Gasteiger partial charge in [-0.2, -0.15) is 5.10 Å². The van der Waals surface area contributed by atoms with Crippen molar-refractivity contribution in [3.63, 3.8) is 0 Å². The quantitative estimate of drug-likeness (QED) is 0.462. The van der Waals surface area contributed by atoms with Crippen LogP contribution in [-0.2, 0) is 4.79 Å². The largest absolute Gasteiger partial charge is 0.411 e. The topological polar surface area (TPSA) is 102 Å². The molecule has 148 valence electrons. The van der Waals surface area contributed by atoms with Crippen LogP contribution in [0.15, 0.2) is 52.4 Å². The molecule has 0 saturated heterocycles. The van der Waals surface area contributed by atoms with E-state index in [9.17, 15) is 4.79 Å². The first-order valence-corrected chi connectivity index (χ1v) is 10.6. The predicted octanol–water partition coefficient (Wildman–Crippen LogP) is 4.26. The standard InChI is InChI=1S/C20H20N6O2S/c27-18(23-17-9-10-22-26(17)13-5-1-2-6-13)12-29-20-25-24-19(28-20)15-11-21-16-8-4-3-7-14(15)16/h3-4,7-11,13,21H,1-2,5-6,12H2,(H,23,27). The zero-order valence-electron chi connectivity index (χ0n) is 15.7. The second-order valence-corrected chi connectivity index (χ2v) is 7.98. The van der Waals surface area contributed by atoms with Crippen molar-refractivity contribution in [2.45, 2.75) is 36.9 Å². The lowest BCUT2D eigenvalue weighted by molar-refractivity contribution is -0.113. The highest BCUT2D eigenvalue weighted by Gasteiger charge is 2.21. The minimum Gasteiger partial charge on any atom is -0.411 e. The number of hydrogen-bond acceptors (Lipinski definition) is 6. The number of thioether (sulfide) groups is 1. The number of aromatic nitrogens is 5. The monoisotopic (exact) mass is 408 g/mol. The van der Waals surface area contributed by atoms with E-state index in [4.69, 9.17) is 4.42 Å². The highest BCUT2D eigenvalue weighted by Crippen LogP contribution is 2.32. The van der Waals surface area contributed by atoms with Crippen LogP contribution in [0.4, 0.5) is 5.82 Å². The molecule has 4 aromatic rings. The Morgan fingerprint density at radius 2 is 2.10 bits per heavy atom. The molecule has 9 heteroatoms. The maximum atomic E-state index is 12.4. The molecule has 0 aliphatic heterocycles. The van der Waals surface area contributed by atoms with Crippen LogP contribution < -0.4 is 5.32 Å². The van der Waals surface area contributed by atoms with E-state index in [1.54, 1.807) is 6.20 Å². The normalized spacial score (nSPS) is 14.6. The molecule has 0 atom stereocenters. The fraction of sp³-hybridized carbons (Fsp3) is 0.300. The first-order chi connectivity index (χ1) is 14.3. The van der Waals surface area contributed by atoms with Crippen LogP contribution in [0.3, 0.4) is 0 Å². The Morgan fingerprint density at radius 3 is 3.00 bits per heavy atom. The van der Waals surface area contributed by atoms with Crippen LogP contribution in [0.25, 0.3) is 22.4 Å². The Balaban J connectivity index is 1.22. The molecule has 1 aliphatic carbocycles. The summed E-state index contributed by atoms with van der Waals surface area (Å²) in [6.45, 7) is 0. The van der Waals surface area contributed by atoms with E-state index in [1.807, 2.05) is 41.2 Å². The molecule has 8 nitrogen and oxygen atoms in total. The Kier molecular flexibility index (Phi) is 4.81. The number of nitrogens with zero attached hydrogens (tertiary/aromatic N) is 4. The summed E-state index contributed by atoms with van der Waals surface area (Å²) in [5.74, 6) is 1.24. The summed E-state index contributed by atoms with van der Waals surface area (Å²) in [4.78, 5) is 15.6. The van der Waals surface area contributed by atoms with E-state index < -0.39 is 0 Å². The van der Waals surface area contributed by atoms with Gasteiger partial charge in [0, 0.05) is 23.2 Å². The molecule has 1 amide bonds. The summed E-state index contributed by atoms with van der Waals surface area (Å²) < 4.78 is 7.68. The molecule has 0 spiro atoms. The maximum Gasteiger partial charge on any atom is 0.277 e. The average Bonchev–Trinajstić information content (AvgIpc) is 3.52. The Hall–Kier alpha value is -3.07. The number of amides is 1. The molecule has 0 bridgehead atoms. The van der Waals surface area contributed by atoms with E-state index in [0.29, 0.717) is 17.2 Å². The number of benzene rings is 1. The van der Waals surface area contributed by atoms with Crippen LogP contribution in [-0.4, -0.2) is 36.6 Å². The number of H-pyrrole nitrogens is 1. The number of para-hydroxylation sites is 1.